The third-order valence-electron chi connectivity index (χ3n) is 8.01. The number of Topliss-reactive ketones (excluding diaryl/α,β-unsaturated/α-hetero) is 1. The molecule has 3 amide bonds. The number of benzene rings is 1. The number of ether oxygens (including phenoxy) is 1. The minimum Gasteiger partial charge on any atom is -0.379 e. The summed E-state index contributed by atoms with van der Waals surface area (Å²) < 4.78 is 34.8. The normalized spacial score (nSPS) is 20.8. The fourth-order valence-electron chi connectivity index (χ4n) is 5.67. The zero-order chi connectivity index (χ0) is 28.1. The minimum absolute atomic E-state index is 0.150. The summed E-state index contributed by atoms with van der Waals surface area (Å²) in [4.78, 5) is 51.4. The van der Waals surface area contributed by atoms with Crippen LogP contribution in [0, 0.1) is 6.92 Å². The van der Waals surface area contributed by atoms with Crippen LogP contribution in [0.15, 0.2) is 36.4 Å². The summed E-state index contributed by atoms with van der Waals surface area (Å²) in [6.45, 7) is 5.00. The molecule has 2 aromatic heterocycles. The highest BCUT2D eigenvalue weighted by Crippen LogP contribution is 2.41. The highest BCUT2D eigenvalue weighted by molar-refractivity contribution is 6.11. The number of pyridine rings is 1. The molecular weight excluding hydrogens is 522 g/mol. The Hall–Kier alpha value is -3.77. The van der Waals surface area contributed by atoms with Gasteiger partial charge in [-0.1, -0.05) is 0 Å². The number of fused-ring (bicyclic) bond motifs is 1. The van der Waals surface area contributed by atoms with Crippen molar-refractivity contribution in [1.29, 1.82) is 0 Å². The van der Waals surface area contributed by atoms with E-state index in [9.17, 15) is 23.2 Å². The van der Waals surface area contributed by atoms with E-state index in [2.05, 4.69) is 10.2 Å². The van der Waals surface area contributed by atoms with Gasteiger partial charge in [-0.15, -0.1) is 0 Å². The molecule has 1 aliphatic carbocycles. The lowest BCUT2D eigenvalue weighted by Gasteiger charge is -2.34. The average molecular weight is 553 g/mol. The van der Waals surface area contributed by atoms with Crippen molar-refractivity contribution in [3.05, 3.63) is 53.5 Å². The molecule has 210 valence electrons. The molecule has 1 saturated carbocycles. The van der Waals surface area contributed by atoms with Crippen molar-refractivity contribution in [3.8, 4) is 5.69 Å². The molecule has 2 saturated heterocycles. The number of aryl methyl sites for hydroxylation is 1. The number of imide groups is 1. The minimum atomic E-state index is -2.85. The Morgan fingerprint density at radius 3 is 2.40 bits per heavy atom. The lowest BCUT2D eigenvalue weighted by molar-refractivity contribution is -0.135. The number of nitrogens with zero attached hydrogens (tertiary/aromatic N) is 5. The first-order valence-corrected chi connectivity index (χ1v) is 13.4. The predicted octanol–water partition coefficient (Wildman–Crippen LogP) is 3.24. The number of carbonyl (C=O) groups is 3. The summed E-state index contributed by atoms with van der Waals surface area (Å²) in [5.41, 5.74) is 2.08. The maximum atomic E-state index is 13.7. The second-order valence-corrected chi connectivity index (χ2v) is 10.8. The van der Waals surface area contributed by atoms with E-state index < -0.39 is 48.6 Å². The molecule has 0 bridgehead atoms. The molecule has 0 radical (unpaired) electrons. The molecule has 10 nitrogen and oxygen atoms in total. The van der Waals surface area contributed by atoms with E-state index in [0.29, 0.717) is 31.0 Å². The smallest absolute Gasteiger partial charge is 0.325 e. The number of ketones is 1. The van der Waals surface area contributed by atoms with Crippen molar-refractivity contribution in [3.63, 3.8) is 0 Å². The summed E-state index contributed by atoms with van der Waals surface area (Å²) >= 11 is 0. The number of carbonyl (C=O) groups excluding carboxylic acids is 3. The Morgan fingerprint density at radius 1 is 1.00 bits per heavy atom. The van der Waals surface area contributed by atoms with E-state index in [0.717, 1.165) is 40.7 Å². The van der Waals surface area contributed by atoms with Gasteiger partial charge >= 0.3 is 6.03 Å². The number of urea groups is 1. The molecule has 1 aromatic carbocycles. The Labute approximate surface area is 229 Å². The van der Waals surface area contributed by atoms with Gasteiger partial charge in [-0.3, -0.25) is 24.0 Å². The van der Waals surface area contributed by atoms with Gasteiger partial charge in [-0.2, -0.15) is 0 Å². The van der Waals surface area contributed by atoms with E-state index in [1.54, 1.807) is 24.3 Å². The van der Waals surface area contributed by atoms with Crippen LogP contribution in [-0.4, -0.2) is 86.4 Å². The van der Waals surface area contributed by atoms with Crippen molar-refractivity contribution in [2.75, 3.05) is 32.8 Å². The second kappa shape index (κ2) is 10.0. The van der Waals surface area contributed by atoms with Crippen LogP contribution in [0.2, 0.25) is 0 Å². The number of hydrogen-bond acceptors (Lipinski definition) is 7. The fraction of sp³-hybridized carbons (Fsp3) is 0.464. The predicted molar refractivity (Wildman–Crippen MR) is 140 cm³/mol. The summed E-state index contributed by atoms with van der Waals surface area (Å²) in [5, 5.41) is 2.58. The standard InChI is InChI=1S/C28H30F2N6O4/c1-18-2-7-21-24(31-18)36(23(32-21)17-34-12-14-40-15-13-34)20-5-3-19(4-6-20)22(37)16-35-25(38)27(33-26(35)39)8-10-28(29,30)11-9-27/h2-7H,8-17H2,1H3,(H,33,39). The third kappa shape index (κ3) is 4.86. The van der Waals surface area contributed by atoms with E-state index in [1.165, 1.54) is 0 Å². The van der Waals surface area contributed by atoms with Crippen LogP contribution in [0.25, 0.3) is 16.9 Å². The molecule has 0 atom stereocenters. The van der Waals surface area contributed by atoms with E-state index in [4.69, 9.17) is 14.7 Å². The Kier molecular flexibility index (Phi) is 6.62. The van der Waals surface area contributed by atoms with Crippen LogP contribution in [0.4, 0.5) is 13.6 Å². The average Bonchev–Trinajstić information content (AvgIpc) is 3.40. The molecule has 40 heavy (non-hydrogen) atoms. The van der Waals surface area contributed by atoms with Gasteiger partial charge in [0, 0.05) is 42.9 Å². The van der Waals surface area contributed by atoms with Crippen LogP contribution in [0.5, 0.6) is 0 Å². The van der Waals surface area contributed by atoms with Gasteiger partial charge in [0.1, 0.15) is 16.9 Å². The molecule has 3 aliphatic rings. The molecule has 0 unspecified atom stereocenters. The number of hydrogen-bond donors (Lipinski definition) is 1. The summed E-state index contributed by atoms with van der Waals surface area (Å²) in [6, 6.07) is 10.0. The number of rotatable bonds is 6. The number of amides is 3. The van der Waals surface area contributed by atoms with Crippen molar-refractivity contribution in [2.45, 2.75) is 50.6 Å². The topological polar surface area (TPSA) is 110 Å². The Bertz CT molecular complexity index is 1470. The highest BCUT2D eigenvalue weighted by atomic mass is 19.3. The van der Waals surface area contributed by atoms with E-state index in [-0.39, 0.29) is 12.8 Å². The largest absolute Gasteiger partial charge is 0.379 e. The number of halogens is 2. The van der Waals surface area contributed by atoms with Gasteiger partial charge in [-0.05, 0) is 56.2 Å². The zero-order valence-corrected chi connectivity index (χ0v) is 22.2. The number of nitrogens with one attached hydrogen (secondary N) is 1. The van der Waals surface area contributed by atoms with Gasteiger partial charge in [0.15, 0.2) is 11.4 Å². The zero-order valence-electron chi connectivity index (χ0n) is 22.2. The van der Waals surface area contributed by atoms with Crippen LogP contribution >= 0.6 is 0 Å². The van der Waals surface area contributed by atoms with Gasteiger partial charge < -0.3 is 10.1 Å². The van der Waals surface area contributed by atoms with E-state index in [1.807, 2.05) is 23.6 Å². The number of imidazole rings is 1. The molecule has 12 heteroatoms. The van der Waals surface area contributed by atoms with Crippen molar-refractivity contribution >= 4 is 28.9 Å². The third-order valence-corrected chi connectivity index (χ3v) is 8.01. The highest BCUT2D eigenvalue weighted by Gasteiger charge is 2.55. The van der Waals surface area contributed by atoms with Gasteiger partial charge in [-0.25, -0.2) is 23.5 Å². The summed E-state index contributed by atoms with van der Waals surface area (Å²) in [7, 11) is 0. The molecule has 3 aromatic rings. The molecule has 2 aliphatic heterocycles. The molecule has 6 rings (SSSR count). The first-order valence-electron chi connectivity index (χ1n) is 13.4. The summed E-state index contributed by atoms with van der Waals surface area (Å²) in [5.74, 6) is -3.07. The maximum absolute atomic E-state index is 13.7. The SMILES string of the molecule is Cc1ccc2nc(CN3CCOCC3)n(-c3ccc(C(=O)CN4C(=O)NC5(CCC(F)(F)CC5)C4=O)cc3)c2n1. The second-order valence-electron chi connectivity index (χ2n) is 10.8. The molecule has 3 fully saturated rings. The van der Waals surface area contributed by atoms with Crippen molar-refractivity contribution in [1.82, 2.24) is 29.7 Å². The maximum Gasteiger partial charge on any atom is 0.325 e. The van der Waals surface area contributed by atoms with Gasteiger partial charge in [0.05, 0.1) is 26.3 Å². The number of morpholine rings is 1. The number of alkyl halides is 2. The first-order chi connectivity index (χ1) is 19.1. The van der Waals surface area contributed by atoms with Crippen molar-refractivity contribution in [2.24, 2.45) is 0 Å². The first kappa shape index (κ1) is 26.5. The number of aromatic nitrogens is 3. The Balaban J connectivity index is 1.22. The monoisotopic (exact) mass is 552 g/mol. The van der Waals surface area contributed by atoms with Crippen LogP contribution < -0.4 is 5.32 Å². The fourth-order valence-corrected chi connectivity index (χ4v) is 5.67. The van der Waals surface area contributed by atoms with Gasteiger partial charge in [0.25, 0.3) is 5.91 Å². The quantitative estimate of drug-likeness (QED) is 0.369. The molecule has 1 spiro atoms. The van der Waals surface area contributed by atoms with Crippen LogP contribution in [0.3, 0.4) is 0 Å². The molecule has 1 N–H and O–H groups in total. The lowest BCUT2D eigenvalue weighted by atomic mass is 9.80. The Morgan fingerprint density at radius 2 is 1.70 bits per heavy atom. The van der Waals surface area contributed by atoms with Crippen LogP contribution in [0.1, 0.15) is 47.6 Å². The molecular formula is C28H30F2N6O4. The molecule has 4 heterocycles. The van der Waals surface area contributed by atoms with Gasteiger partial charge in [0.2, 0.25) is 5.92 Å². The van der Waals surface area contributed by atoms with Crippen LogP contribution in [-0.2, 0) is 16.1 Å². The van der Waals surface area contributed by atoms with E-state index >= 15 is 0 Å². The lowest BCUT2D eigenvalue weighted by Crippen LogP contribution is -2.51. The van der Waals surface area contributed by atoms with Crippen molar-refractivity contribution < 1.29 is 27.9 Å². The summed E-state index contributed by atoms with van der Waals surface area (Å²) in [6.07, 6.45) is -1.26.